The van der Waals surface area contributed by atoms with Crippen LogP contribution in [-0.2, 0) is 9.59 Å². The number of para-hydroxylation sites is 1. The zero-order chi connectivity index (χ0) is 24.1. The van der Waals surface area contributed by atoms with Crippen molar-refractivity contribution in [2.75, 3.05) is 19.0 Å². The Morgan fingerprint density at radius 3 is 2.59 bits per heavy atom. The number of carbonyl (C=O) groups is 2. The molecule has 0 spiro atoms. The molecule has 1 heterocycles. The molecule has 34 heavy (non-hydrogen) atoms. The summed E-state index contributed by atoms with van der Waals surface area (Å²) in [6.07, 6.45) is 1.80. The molecule has 0 bridgehead atoms. The minimum Gasteiger partial charge on any atom is -0.484 e. The summed E-state index contributed by atoms with van der Waals surface area (Å²) < 4.78 is 5.68. The summed E-state index contributed by atoms with van der Waals surface area (Å²) in [6.45, 7) is 3.92. The topological polar surface area (TPSA) is 71.0 Å². The highest BCUT2D eigenvalue weighted by Gasteiger charge is 2.30. The van der Waals surface area contributed by atoms with Crippen LogP contribution in [0.4, 0.5) is 11.4 Å². The highest BCUT2D eigenvalue weighted by molar-refractivity contribution is 8.18. The van der Waals surface area contributed by atoms with Crippen LogP contribution in [0.1, 0.15) is 16.7 Å². The second kappa shape index (κ2) is 10.4. The molecule has 0 saturated carbocycles. The molecule has 0 atom stereocenters. The van der Waals surface area contributed by atoms with Crippen molar-refractivity contribution in [3.05, 3.63) is 94.4 Å². The van der Waals surface area contributed by atoms with Gasteiger partial charge in [-0.25, -0.2) is 4.99 Å². The van der Waals surface area contributed by atoms with Crippen molar-refractivity contribution in [2.45, 2.75) is 13.8 Å². The van der Waals surface area contributed by atoms with E-state index >= 15 is 0 Å². The second-order valence-corrected chi connectivity index (χ2v) is 8.92. The molecule has 0 radical (unpaired) electrons. The molecule has 172 valence electrons. The van der Waals surface area contributed by atoms with Crippen molar-refractivity contribution in [3.63, 3.8) is 0 Å². The predicted molar refractivity (Wildman–Crippen MR) is 138 cm³/mol. The fourth-order valence-electron chi connectivity index (χ4n) is 3.28. The number of amidine groups is 1. The summed E-state index contributed by atoms with van der Waals surface area (Å²) in [6, 6.07) is 22.6. The number of rotatable bonds is 6. The van der Waals surface area contributed by atoms with Gasteiger partial charge in [0.15, 0.2) is 11.8 Å². The van der Waals surface area contributed by atoms with Gasteiger partial charge in [0.1, 0.15) is 5.75 Å². The van der Waals surface area contributed by atoms with Crippen molar-refractivity contribution in [2.24, 2.45) is 4.99 Å². The molecular formula is C27H25N3O3S. The van der Waals surface area contributed by atoms with Crippen LogP contribution in [0.2, 0.25) is 0 Å². The van der Waals surface area contributed by atoms with Crippen molar-refractivity contribution in [3.8, 4) is 5.75 Å². The van der Waals surface area contributed by atoms with Crippen LogP contribution >= 0.6 is 11.8 Å². The van der Waals surface area contributed by atoms with Crippen LogP contribution in [0.25, 0.3) is 6.08 Å². The third-order valence-electron chi connectivity index (χ3n) is 5.30. The Labute approximate surface area is 203 Å². The quantitative estimate of drug-likeness (QED) is 0.478. The Balaban J connectivity index is 1.41. The maximum absolute atomic E-state index is 12.7. The van der Waals surface area contributed by atoms with Crippen LogP contribution in [0.3, 0.4) is 0 Å². The number of carbonyl (C=O) groups excluding carboxylic acids is 2. The van der Waals surface area contributed by atoms with E-state index in [0.29, 0.717) is 15.8 Å². The van der Waals surface area contributed by atoms with Gasteiger partial charge >= 0.3 is 0 Å². The fraction of sp³-hybridized carbons (Fsp3) is 0.148. The normalized spacial score (nSPS) is 15.7. The van der Waals surface area contributed by atoms with Gasteiger partial charge in [-0.05, 0) is 84.8 Å². The largest absolute Gasteiger partial charge is 0.484 e. The average molecular weight is 472 g/mol. The number of hydrogen-bond donors (Lipinski definition) is 1. The van der Waals surface area contributed by atoms with E-state index in [1.54, 1.807) is 30.2 Å². The number of amides is 2. The molecule has 2 amide bonds. The van der Waals surface area contributed by atoms with E-state index in [1.165, 1.54) is 17.3 Å². The number of likely N-dealkylation sites (N-methyl/N-ethyl adjacent to an activating group) is 1. The molecule has 6 nitrogen and oxygen atoms in total. The highest BCUT2D eigenvalue weighted by atomic mass is 32.2. The Morgan fingerprint density at radius 2 is 1.82 bits per heavy atom. The number of aliphatic imine (C=N–C) groups is 1. The van der Waals surface area contributed by atoms with Gasteiger partial charge in [-0.15, -0.1) is 0 Å². The van der Waals surface area contributed by atoms with E-state index in [4.69, 9.17) is 4.74 Å². The molecule has 3 aromatic rings. The molecule has 1 saturated heterocycles. The summed E-state index contributed by atoms with van der Waals surface area (Å²) in [7, 11) is 1.71. The number of aryl methyl sites for hydroxylation is 2. The van der Waals surface area contributed by atoms with Crippen molar-refractivity contribution in [1.29, 1.82) is 0 Å². The molecule has 0 unspecified atom stereocenters. The lowest BCUT2D eigenvalue weighted by Crippen LogP contribution is -2.23. The standard InChI is InChI=1S/C27H25N3O3S/c1-18-12-13-22(14-19(18)2)28-25(31)17-33-23-11-7-8-20(15-23)16-24-26(32)30(3)27(34-24)29-21-9-5-4-6-10-21/h4-16H,17H2,1-3H3,(H,28,31). The molecule has 0 aliphatic carbocycles. The molecule has 1 aliphatic heterocycles. The number of nitrogens with one attached hydrogen (secondary N) is 1. The van der Waals surface area contributed by atoms with Crippen molar-refractivity contribution < 1.29 is 14.3 Å². The van der Waals surface area contributed by atoms with Gasteiger partial charge < -0.3 is 10.1 Å². The lowest BCUT2D eigenvalue weighted by molar-refractivity contribution is -0.121. The number of anilines is 1. The summed E-state index contributed by atoms with van der Waals surface area (Å²) in [5, 5.41) is 3.47. The van der Waals surface area contributed by atoms with Crippen LogP contribution in [-0.4, -0.2) is 35.5 Å². The van der Waals surface area contributed by atoms with Gasteiger partial charge in [0.2, 0.25) is 0 Å². The lowest BCUT2D eigenvalue weighted by atomic mass is 10.1. The van der Waals surface area contributed by atoms with Gasteiger partial charge in [-0.1, -0.05) is 36.4 Å². The van der Waals surface area contributed by atoms with Crippen molar-refractivity contribution in [1.82, 2.24) is 4.90 Å². The fourth-order valence-corrected chi connectivity index (χ4v) is 4.26. The number of hydrogen-bond acceptors (Lipinski definition) is 5. The number of thioether (sulfide) groups is 1. The minimum atomic E-state index is -0.239. The maximum Gasteiger partial charge on any atom is 0.266 e. The lowest BCUT2D eigenvalue weighted by Gasteiger charge is -2.09. The van der Waals surface area contributed by atoms with E-state index in [9.17, 15) is 9.59 Å². The van der Waals surface area contributed by atoms with E-state index < -0.39 is 0 Å². The van der Waals surface area contributed by atoms with Crippen LogP contribution < -0.4 is 10.1 Å². The summed E-state index contributed by atoms with van der Waals surface area (Å²) in [5.41, 5.74) is 4.62. The number of benzene rings is 3. The third kappa shape index (κ3) is 5.74. The summed E-state index contributed by atoms with van der Waals surface area (Å²) >= 11 is 1.33. The SMILES string of the molecule is Cc1ccc(NC(=O)COc2cccc(C=C3SC(=Nc4ccccc4)N(C)C3=O)c2)cc1C. The van der Waals surface area contributed by atoms with Gasteiger partial charge in [0.05, 0.1) is 10.6 Å². The molecule has 1 N–H and O–H groups in total. The van der Waals surface area contributed by atoms with Gasteiger partial charge in [-0.2, -0.15) is 0 Å². The molecule has 1 aliphatic rings. The average Bonchev–Trinajstić information content (AvgIpc) is 3.09. The Bertz CT molecular complexity index is 1290. The Hall–Kier alpha value is -3.84. The molecule has 4 rings (SSSR count). The highest BCUT2D eigenvalue weighted by Crippen LogP contribution is 2.33. The first kappa shape index (κ1) is 23.3. The summed E-state index contributed by atoms with van der Waals surface area (Å²) in [5.74, 6) is 0.197. The smallest absolute Gasteiger partial charge is 0.266 e. The molecular weight excluding hydrogens is 446 g/mol. The van der Waals surface area contributed by atoms with Crippen molar-refractivity contribution >= 4 is 46.2 Å². The minimum absolute atomic E-state index is 0.112. The Morgan fingerprint density at radius 1 is 1.03 bits per heavy atom. The predicted octanol–water partition coefficient (Wildman–Crippen LogP) is 5.55. The first-order valence-electron chi connectivity index (χ1n) is 10.8. The van der Waals surface area contributed by atoms with Gasteiger partial charge in [0.25, 0.3) is 11.8 Å². The van der Waals surface area contributed by atoms with E-state index in [-0.39, 0.29) is 18.4 Å². The molecule has 0 aromatic heterocycles. The Kier molecular flexibility index (Phi) is 7.13. The third-order valence-corrected chi connectivity index (χ3v) is 6.36. The maximum atomic E-state index is 12.7. The second-order valence-electron chi connectivity index (χ2n) is 7.91. The van der Waals surface area contributed by atoms with E-state index in [0.717, 1.165) is 22.5 Å². The molecule has 3 aromatic carbocycles. The number of nitrogens with zero attached hydrogens (tertiary/aromatic N) is 2. The van der Waals surface area contributed by atoms with E-state index in [1.807, 2.05) is 74.5 Å². The first-order chi connectivity index (χ1) is 16.4. The van der Waals surface area contributed by atoms with Gasteiger partial charge in [-0.3, -0.25) is 14.5 Å². The zero-order valence-electron chi connectivity index (χ0n) is 19.2. The molecule has 1 fully saturated rings. The van der Waals surface area contributed by atoms with Crippen LogP contribution in [0.15, 0.2) is 82.7 Å². The zero-order valence-corrected chi connectivity index (χ0v) is 20.1. The summed E-state index contributed by atoms with van der Waals surface area (Å²) in [4.78, 5) is 31.7. The molecule has 7 heteroatoms. The first-order valence-corrected chi connectivity index (χ1v) is 11.6. The van der Waals surface area contributed by atoms with Gasteiger partial charge in [0, 0.05) is 12.7 Å². The van der Waals surface area contributed by atoms with E-state index in [2.05, 4.69) is 10.3 Å². The van der Waals surface area contributed by atoms with Crippen LogP contribution in [0, 0.1) is 13.8 Å². The monoisotopic (exact) mass is 471 g/mol. The number of ether oxygens (including phenoxy) is 1. The van der Waals surface area contributed by atoms with Crippen LogP contribution in [0.5, 0.6) is 5.75 Å².